The highest BCUT2D eigenvalue weighted by Crippen LogP contribution is 2.25. The van der Waals surface area contributed by atoms with E-state index in [4.69, 9.17) is 5.11 Å². The van der Waals surface area contributed by atoms with E-state index in [2.05, 4.69) is 17.0 Å². The molecule has 0 radical (unpaired) electrons. The van der Waals surface area contributed by atoms with E-state index in [1.807, 2.05) is 18.2 Å². The molecule has 1 aromatic carbocycles. The Balaban J connectivity index is 1.95. The van der Waals surface area contributed by atoms with Crippen LogP contribution in [0.3, 0.4) is 0 Å². The van der Waals surface area contributed by atoms with Gasteiger partial charge in [0.1, 0.15) is 0 Å². The van der Waals surface area contributed by atoms with Crippen LogP contribution in [0.15, 0.2) is 30.3 Å². The third kappa shape index (κ3) is 3.78. The fourth-order valence-electron chi connectivity index (χ4n) is 2.83. The minimum Gasteiger partial charge on any atom is -0.481 e. The Hall–Kier alpha value is -1.39. The molecule has 2 unspecified atom stereocenters. The van der Waals surface area contributed by atoms with Gasteiger partial charge in [0.25, 0.3) is 0 Å². The second kappa shape index (κ2) is 6.68. The predicted molar refractivity (Wildman–Crippen MR) is 72.7 cm³/mol. The van der Waals surface area contributed by atoms with Crippen molar-refractivity contribution in [3.05, 3.63) is 35.9 Å². The lowest BCUT2D eigenvalue weighted by Gasteiger charge is -2.35. The Labute approximate surface area is 113 Å². The summed E-state index contributed by atoms with van der Waals surface area (Å²) in [5.74, 6) is -1.45. The van der Waals surface area contributed by atoms with Crippen molar-refractivity contribution >= 4 is 5.97 Å². The monoisotopic (exact) mass is 263 g/mol. The molecule has 1 saturated heterocycles. The second-order valence-corrected chi connectivity index (χ2v) is 5.25. The molecular formula is C15H21NO3. The summed E-state index contributed by atoms with van der Waals surface area (Å²) < 4.78 is 0. The van der Waals surface area contributed by atoms with Gasteiger partial charge in [0.05, 0.1) is 12.5 Å². The van der Waals surface area contributed by atoms with Crippen LogP contribution in [0, 0.1) is 11.8 Å². The Morgan fingerprint density at radius 2 is 2.11 bits per heavy atom. The highest BCUT2D eigenvalue weighted by Gasteiger charge is 2.31. The van der Waals surface area contributed by atoms with Crippen molar-refractivity contribution in [1.82, 2.24) is 4.90 Å². The van der Waals surface area contributed by atoms with E-state index in [1.54, 1.807) is 0 Å². The number of hydrogen-bond donors (Lipinski definition) is 2. The highest BCUT2D eigenvalue weighted by atomic mass is 16.4. The zero-order valence-corrected chi connectivity index (χ0v) is 11.0. The first-order valence-corrected chi connectivity index (χ1v) is 6.80. The number of benzene rings is 1. The molecule has 0 bridgehead atoms. The summed E-state index contributed by atoms with van der Waals surface area (Å²) in [6.45, 7) is 2.35. The number of carbonyl (C=O) groups is 1. The Bertz CT molecular complexity index is 407. The summed E-state index contributed by atoms with van der Waals surface area (Å²) in [7, 11) is 0. The molecule has 104 valence electrons. The summed E-state index contributed by atoms with van der Waals surface area (Å²) in [6.07, 6.45) is 1.89. The second-order valence-electron chi connectivity index (χ2n) is 5.25. The molecule has 4 nitrogen and oxygen atoms in total. The molecule has 0 spiro atoms. The predicted octanol–water partition coefficient (Wildman–Crippen LogP) is 1.59. The Morgan fingerprint density at radius 3 is 2.74 bits per heavy atom. The number of aliphatic carboxylic acids is 1. The van der Waals surface area contributed by atoms with Crippen LogP contribution >= 0.6 is 0 Å². The summed E-state index contributed by atoms with van der Waals surface area (Å²) in [4.78, 5) is 13.4. The van der Waals surface area contributed by atoms with Crippen LogP contribution in [-0.2, 0) is 11.3 Å². The van der Waals surface area contributed by atoms with E-state index in [9.17, 15) is 9.90 Å². The van der Waals surface area contributed by atoms with E-state index in [0.29, 0.717) is 0 Å². The number of carboxylic acids is 1. The molecule has 2 atom stereocenters. The molecule has 0 aromatic heterocycles. The van der Waals surface area contributed by atoms with Crippen LogP contribution in [0.5, 0.6) is 0 Å². The van der Waals surface area contributed by atoms with Gasteiger partial charge in [0, 0.05) is 13.1 Å². The zero-order valence-electron chi connectivity index (χ0n) is 11.0. The largest absolute Gasteiger partial charge is 0.481 e. The minimum absolute atomic E-state index is 0.0555. The van der Waals surface area contributed by atoms with E-state index >= 15 is 0 Å². The van der Waals surface area contributed by atoms with Crippen LogP contribution in [0.2, 0.25) is 0 Å². The molecule has 1 aromatic rings. The quantitative estimate of drug-likeness (QED) is 0.847. The zero-order chi connectivity index (χ0) is 13.7. The number of aliphatic hydroxyl groups is 1. The molecule has 1 fully saturated rings. The Kier molecular flexibility index (Phi) is 4.93. The number of likely N-dealkylation sites (tertiary alicyclic amines) is 1. The maximum Gasteiger partial charge on any atom is 0.309 e. The molecule has 1 heterocycles. The van der Waals surface area contributed by atoms with Crippen molar-refractivity contribution < 1.29 is 15.0 Å². The number of nitrogens with zero attached hydrogens (tertiary/aromatic N) is 1. The molecule has 19 heavy (non-hydrogen) atoms. The smallest absolute Gasteiger partial charge is 0.309 e. The number of hydrogen-bond acceptors (Lipinski definition) is 3. The van der Waals surface area contributed by atoms with Crippen LogP contribution in [0.1, 0.15) is 18.4 Å². The molecule has 2 rings (SSSR count). The topological polar surface area (TPSA) is 60.8 Å². The summed E-state index contributed by atoms with van der Waals surface area (Å²) in [5.41, 5.74) is 1.25. The molecule has 2 N–H and O–H groups in total. The molecule has 0 amide bonds. The fraction of sp³-hybridized carbons (Fsp3) is 0.533. The molecule has 1 aliphatic rings. The lowest BCUT2D eigenvalue weighted by atomic mass is 9.85. The fourth-order valence-corrected chi connectivity index (χ4v) is 2.83. The standard InChI is InChI=1S/C15H21NO3/c17-11-14(15(18)19)13-7-4-8-16(10-13)9-12-5-2-1-3-6-12/h1-3,5-6,13-14,17H,4,7-11H2,(H,18,19). The number of piperidine rings is 1. The van der Waals surface area contributed by atoms with Crippen molar-refractivity contribution in [3.8, 4) is 0 Å². The van der Waals surface area contributed by atoms with Crippen molar-refractivity contribution in [2.24, 2.45) is 11.8 Å². The van der Waals surface area contributed by atoms with Gasteiger partial charge in [0.2, 0.25) is 0 Å². The van der Waals surface area contributed by atoms with Gasteiger partial charge in [-0.15, -0.1) is 0 Å². The van der Waals surface area contributed by atoms with E-state index < -0.39 is 11.9 Å². The van der Waals surface area contributed by atoms with Gasteiger partial charge in [-0.3, -0.25) is 9.69 Å². The third-order valence-electron chi connectivity index (χ3n) is 3.87. The average Bonchev–Trinajstić information content (AvgIpc) is 2.41. The maximum atomic E-state index is 11.1. The van der Waals surface area contributed by atoms with Gasteiger partial charge in [-0.2, -0.15) is 0 Å². The SMILES string of the molecule is O=C(O)C(CO)C1CCCN(Cc2ccccc2)C1. The lowest BCUT2D eigenvalue weighted by Crippen LogP contribution is -2.41. The van der Waals surface area contributed by atoms with Gasteiger partial charge in [-0.25, -0.2) is 0 Å². The number of carboxylic acid groups (broad SMARTS) is 1. The van der Waals surface area contributed by atoms with E-state index in [0.717, 1.165) is 32.5 Å². The van der Waals surface area contributed by atoms with Crippen LogP contribution in [-0.4, -0.2) is 40.8 Å². The van der Waals surface area contributed by atoms with E-state index in [-0.39, 0.29) is 12.5 Å². The van der Waals surface area contributed by atoms with Crippen LogP contribution < -0.4 is 0 Å². The van der Waals surface area contributed by atoms with E-state index in [1.165, 1.54) is 5.56 Å². The maximum absolute atomic E-state index is 11.1. The molecule has 4 heteroatoms. The molecule has 1 aliphatic heterocycles. The normalized spacial score (nSPS) is 22.1. The van der Waals surface area contributed by atoms with Crippen molar-refractivity contribution in [3.63, 3.8) is 0 Å². The summed E-state index contributed by atoms with van der Waals surface area (Å²) >= 11 is 0. The first-order valence-electron chi connectivity index (χ1n) is 6.80. The first-order chi connectivity index (χ1) is 9.20. The van der Waals surface area contributed by atoms with Gasteiger partial charge in [0.15, 0.2) is 0 Å². The highest BCUT2D eigenvalue weighted by molar-refractivity contribution is 5.70. The first kappa shape index (κ1) is 14.0. The third-order valence-corrected chi connectivity index (χ3v) is 3.87. The van der Waals surface area contributed by atoms with Gasteiger partial charge in [-0.1, -0.05) is 30.3 Å². The van der Waals surface area contributed by atoms with Crippen molar-refractivity contribution in [2.75, 3.05) is 19.7 Å². The average molecular weight is 263 g/mol. The minimum atomic E-state index is -0.880. The summed E-state index contributed by atoms with van der Waals surface area (Å²) in [5, 5.41) is 18.3. The van der Waals surface area contributed by atoms with Gasteiger partial charge < -0.3 is 10.2 Å². The number of rotatable bonds is 5. The van der Waals surface area contributed by atoms with Gasteiger partial charge >= 0.3 is 5.97 Å². The molecule has 0 saturated carbocycles. The van der Waals surface area contributed by atoms with Crippen LogP contribution in [0.4, 0.5) is 0 Å². The molecule has 0 aliphatic carbocycles. The Morgan fingerprint density at radius 1 is 1.37 bits per heavy atom. The van der Waals surface area contributed by atoms with Crippen molar-refractivity contribution in [2.45, 2.75) is 19.4 Å². The lowest BCUT2D eigenvalue weighted by molar-refractivity contribution is -0.146. The van der Waals surface area contributed by atoms with Crippen molar-refractivity contribution in [1.29, 1.82) is 0 Å². The van der Waals surface area contributed by atoms with Crippen LogP contribution in [0.25, 0.3) is 0 Å². The van der Waals surface area contributed by atoms with Gasteiger partial charge in [-0.05, 0) is 30.9 Å². The molecular weight excluding hydrogens is 242 g/mol. The number of aliphatic hydroxyl groups excluding tert-OH is 1. The summed E-state index contributed by atoms with van der Waals surface area (Å²) in [6, 6.07) is 10.2.